The Kier molecular flexibility index (Phi) is 4.91. The molecule has 26 heavy (non-hydrogen) atoms. The molecule has 0 bridgehead atoms. The average molecular weight is 372 g/mol. The van der Waals surface area contributed by atoms with Gasteiger partial charge < -0.3 is 9.32 Å². The van der Waals surface area contributed by atoms with Crippen LogP contribution in [0.25, 0.3) is 11.5 Å². The number of para-hydroxylation sites is 1. The zero-order chi connectivity index (χ0) is 17.9. The van der Waals surface area contributed by atoms with Gasteiger partial charge in [-0.3, -0.25) is 4.90 Å². The number of piperazine rings is 1. The molecule has 0 radical (unpaired) electrons. The highest BCUT2D eigenvalue weighted by atomic mass is 35.5. The fourth-order valence-electron chi connectivity index (χ4n) is 3.19. The summed E-state index contributed by atoms with van der Waals surface area (Å²) >= 11 is 6.29. The summed E-state index contributed by atoms with van der Waals surface area (Å²) in [5.74, 6) is 0.256. The molecule has 1 aliphatic heterocycles. The lowest BCUT2D eigenvalue weighted by Gasteiger charge is -2.36. The lowest BCUT2D eigenvalue weighted by molar-refractivity contribution is 0.247. The Hall–Kier alpha value is -2.37. The predicted octanol–water partition coefficient (Wildman–Crippen LogP) is 4.46. The van der Waals surface area contributed by atoms with Crippen molar-refractivity contribution in [1.29, 1.82) is 0 Å². The Labute approximate surface area is 156 Å². The van der Waals surface area contributed by atoms with Crippen molar-refractivity contribution in [3.05, 3.63) is 71.3 Å². The number of rotatable bonds is 4. The number of anilines is 1. The molecular weight excluding hydrogens is 353 g/mol. The second-order valence-electron chi connectivity index (χ2n) is 6.37. The van der Waals surface area contributed by atoms with Gasteiger partial charge in [0.15, 0.2) is 0 Å². The minimum atomic E-state index is -0.267. The monoisotopic (exact) mass is 371 g/mol. The third-order valence-corrected chi connectivity index (χ3v) is 4.91. The molecule has 0 amide bonds. The predicted molar refractivity (Wildman–Crippen MR) is 101 cm³/mol. The molecule has 3 aromatic rings. The van der Waals surface area contributed by atoms with Gasteiger partial charge in [-0.15, -0.1) is 0 Å². The van der Waals surface area contributed by atoms with Crippen molar-refractivity contribution < 1.29 is 8.81 Å². The first-order valence-electron chi connectivity index (χ1n) is 8.61. The molecular formula is C20H19ClFN3O. The number of nitrogens with zero attached hydrogens (tertiary/aromatic N) is 3. The van der Waals surface area contributed by atoms with Crippen LogP contribution in [0, 0.1) is 5.82 Å². The summed E-state index contributed by atoms with van der Waals surface area (Å²) < 4.78 is 18.6. The topological polar surface area (TPSA) is 32.5 Å². The van der Waals surface area contributed by atoms with Crippen LogP contribution >= 0.6 is 11.6 Å². The molecule has 6 heteroatoms. The van der Waals surface area contributed by atoms with Crippen LogP contribution < -0.4 is 4.90 Å². The summed E-state index contributed by atoms with van der Waals surface area (Å²) in [6.07, 6.45) is 1.68. The number of hydrogen-bond donors (Lipinski definition) is 0. The van der Waals surface area contributed by atoms with Gasteiger partial charge in [0, 0.05) is 38.3 Å². The van der Waals surface area contributed by atoms with Gasteiger partial charge in [-0.1, -0.05) is 23.7 Å². The Morgan fingerprint density at radius 3 is 2.46 bits per heavy atom. The second kappa shape index (κ2) is 7.48. The summed E-state index contributed by atoms with van der Waals surface area (Å²) in [4.78, 5) is 9.19. The van der Waals surface area contributed by atoms with Crippen molar-refractivity contribution >= 4 is 17.3 Å². The van der Waals surface area contributed by atoms with E-state index in [0.717, 1.165) is 54.7 Å². The summed E-state index contributed by atoms with van der Waals surface area (Å²) in [5, 5.41) is 0.793. The van der Waals surface area contributed by atoms with Crippen LogP contribution in [-0.2, 0) is 6.54 Å². The Bertz CT molecular complexity index is 873. The highest BCUT2D eigenvalue weighted by molar-refractivity contribution is 6.33. The molecule has 0 saturated carbocycles. The molecule has 0 aliphatic carbocycles. The first-order valence-corrected chi connectivity index (χ1v) is 8.99. The highest BCUT2D eigenvalue weighted by Gasteiger charge is 2.20. The van der Waals surface area contributed by atoms with E-state index in [2.05, 4.69) is 20.9 Å². The van der Waals surface area contributed by atoms with Crippen LogP contribution in [0.3, 0.4) is 0 Å². The summed E-state index contributed by atoms with van der Waals surface area (Å²) in [6, 6.07) is 14.1. The quantitative estimate of drug-likeness (QED) is 0.678. The minimum absolute atomic E-state index is 0.267. The van der Waals surface area contributed by atoms with E-state index < -0.39 is 0 Å². The maximum absolute atomic E-state index is 13.0. The molecule has 0 unspecified atom stereocenters. The van der Waals surface area contributed by atoms with Crippen molar-refractivity contribution in [3.8, 4) is 11.5 Å². The number of benzene rings is 2. The molecule has 1 fully saturated rings. The van der Waals surface area contributed by atoms with Crippen molar-refractivity contribution in [1.82, 2.24) is 9.88 Å². The molecule has 4 rings (SSSR count). The van der Waals surface area contributed by atoms with Gasteiger partial charge >= 0.3 is 0 Å². The van der Waals surface area contributed by atoms with Crippen molar-refractivity contribution in [2.24, 2.45) is 0 Å². The molecule has 0 N–H and O–H groups in total. The van der Waals surface area contributed by atoms with Crippen LogP contribution in [0.5, 0.6) is 0 Å². The lowest BCUT2D eigenvalue weighted by atomic mass is 10.2. The SMILES string of the molecule is Fc1ccc(-c2nc(CN3CCN(c4ccccc4Cl)CC3)co2)cc1. The number of aromatic nitrogens is 1. The van der Waals surface area contributed by atoms with E-state index in [-0.39, 0.29) is 5.82 Å². The smallest absolute Gasteiger partial charge is 0.226 e. The summed E-state index contributed by atoms with van der Waals surface area (Å²) in [7, 11) is 0. The lowest BCUT2D eigenvalue weighted by Crippen LogP contribution is -2.46. The van der Waals surface area contributed by atoms with E-state index >= 15 is 0 Å². The minimum Gasteiger partial charge on any atom is -0.444 e. The number of halogens is 2. The van der Waals surface area contributed by atoms with Crippen molar-refractivity contribution in [3.63, 3.8) is 0 Å². The van der Waals surface area contributed by atoms with Gasteiger partial charge in [-0.2, -0.15) is 0 Å². The Morgan fingerprint density at radius 2 is 1.73 bits per heavy atom. The van der Waals surface area contributed by atoms with Gasteiger partial charge in [-0.05, 0) is 36.4 Å². The summed E-state index contributed by atoms with van der Waals surface area (Å²) in [5.41, 5.74) is 2.76. The van der Waals surface area contributed by atoms with Crippen LogP contribution in [-0.4, -0.2) is 36.1 Å². The van der Waals surface area contributed by atoms with Crippen molar-refractivity contribution in [2.45, 2.75) is 6.54 Å². The van der Waals surface area contributed by atoms with Crippen LogP contribution in [0.1, 0.15) is 5.69 Å². The standard InChI is InChI=1S/C20H19ClFN3O/c21-18-3-1-2-4-19(18)25-11-9-24(10-12-25)13-17-14-26-20(23-17)15-5-7-16(22)8-6-15/h1-8,14H,9-13H2. The van der Waals surface area contributed by atoms with Gasteiger partial charge in [0.1, 0.15) is 12.1 Å². The number of oxazole rings is 1. The van der Waals surface area contributed by atoms with Gasteiger partial charge in [0.25, 0.3) is 0 Å². The Balaban J connectivity index is 1.36. The largest absolute Gasteiger partial charge is 0.444 e. The second-order valence-corrected chi connectivity index (χ2v) is 6.77. The average Bonchev–Trinajstić information content (AvgIpc) is 3.12. The van der Waals surface area contributed by atoms with E-state index in [0.29, 0.717) is 5.89 Å². The molecule has 1 aromatic heterocycles. The zero-order valence-corrected chi connectivity index (χ0v) is 15.0. The first kappa shape index (κ1) is 17.1. The molecule has 1 saturated heterocycles. The van der Waals surface area contributed by atoms with E-state index in [4.69, 9.17) is 16.0 Å². The maximum Gasteiger partial charge on any atom is 0.226 e. The highest BCUT2D eigenvalue weighted by Crippen LogP contribution is 2.26. The third kappa shape index (κ3) is 3.74. The fourth-order valence-corrected chi connectivity index (χ4v) is 3.44. The van der Waals surface area contributed by atoms with Gasteiger partial charge in [0.05, 0.1) is 16.4 Å². The van der Waals surface area contributed by atoms with Gasteiger partial charge in [0.2, 0.25) is 5.89 Å². The molecule has 4 nitrogen and oxygen atoms in total. The van der Waals surface area contributed by atoms with Crippen molar-refractivity contribution in [2.75, 3.05) is 31.1 Å². The fraction of sp³-hybridized carbons (Fsp3) is 0.250. The molecule has 0 atom stereocenters. The summed E-state index contributed by atoms with van der Waals surface area (Å²) in [6.45, 7) is 4.45. The van der Waals surface area contributed by atoms with Crippen LogP contribution in [0.2, 0.25) is 5.02 Å². The first-order chi connectivity index (χ1) is 12.7. The molecule has 2 heterocycles. The Morgan fingerprint density at radius 1 is 1.00 bits per heavy atom. The van der Waals surface area contributed by atoms with E-state index in [1.54, 1.807) is 18.4 Å². The van der Waals surface area contributed by atoms with E-state index in [9.17, 15) is 4.39 Å². The molecule has 0 spiro atoms. The van der Waals surface area contributed by atoms with Gasteiger partial charge in [-0.25, -0.2) is 9.37 Å². The molecule has 134 valence electrons. The van der Waals surface area contributed by atoms with E-state index in [1.165, 1.54) is 12.1 Å². The van der Waals surface area contributed by atoms with E-state index in [1.807, 2.05) is 18.2 Å². The third-order valence-electron chi connectivity index (χ3n) is 4.59. The van der Waals surface area contributed by atoms with Crippen LogP contribution in [0.4, 0.5) is 10.1 Å². The molecule has 2 aromatic carbocycles. The zero-order valence-electron chi connectivity index (χ0n) is 14.2. The van der Waals surface area contributed by atoms with Crippen LogP contribution in [0.15, 0.2) is 59.2 Å². The maximum atomic E-state index is 13.0. The normalized spacial score (nSPS) is 15.4. The molecule has 1 aliphatic rings. The number of hydrogen-bond acceptors (Lipinski definition) is 4.